The Kier molecular flexibility index (Phi) is 4.93. The van der Waals surface area contributed by atoms with Gasteiger partial charge in [0.2, 0.25) is 0 Å². The highest BCUT2D eigenvalue weighted by Gasteiger charge is 2.76. The summed E-state index contributed by atoms with van der Waals surface area (Å²) in [5, 5.41) is 43.2. The maximum absolute atomic E-state index is 13.5. The lowest BCUT2D eigenvalue weighted by molar-refractivity contribution is -0.244. The van der Waals surface area contributed by atoms with E-state index in [0.717, 1.165) is 19.3 Å². The Hall–Kier alpha value is -1.02. The summed E-state index contributed by atoms with van der Waals surface area (Å²) in [7, 11) is 0. The molecule has 10 atom stereocenters. The summed E-state index contributed by atoms with van der Waals surface area (Å²) in [6.45, 7) is 5.41. The molecule has 29 heavy (non-hydrogen) atoms. The third-order valence-corrected chi connectivity index (χ3v) is 9.29. The van der Waals surface area contributed by atoms with Gasteiger partial charge in [0.1, 0.15) is 5.78 Å². The van der Waals surface area contributed by atoms with Gasteiger partial charge in [0, 0.05) is 24.2 Å². The first kappa shape index (κ1) is 21.2. The fraction of sp³-hybridized carbons (Fsp3) is 0.909. The molecule has 4 saturated carbocycles. The van der Waals surface area contributed by atoms with Gasteiger partial charge in [0.25, 0.3) is 0 Å². The van der Waals surface area contributed by atoms with Gasteiger partial charge in [-0.3, -0.25) is 9.59 Å². The Labute approximate surface area is 171 Å². The van der Waals surface area contributed by atoms with Crippen LogP contribution < -0.4 is 0 Å². The second-order valence-corrected chi connectivity index (χ2v) is 10.6. The van der Waals surface area contributed by atoms with Crippen molar-refractivity contribution in [2.24, 2.45) is 39.9 Å². The molecule has 0 aromatic heterocycles. The van der Waals surface area contributed by atoms with Gasteiger partial charge in [-0.1, -0.05) is 20.3 Å². The van der Waals surface area contributed by atoms with Crippen LogP contribution in [0.2, 0.25) is 0 Å². The minimum atomic E-state index is -1.33. The van der Waals surface area contributed by atoms with Gasteiger partial charge in [-0.05, 0) is 42.9 Å². The Morgan fingerprint density at radius 3 is 2.45 bits per heavy atom. The van der Waals surface area contributed by atoms with Crippen molar-refractivity contribution in [2.45, 2.75) is 71.2 Å². The number of rotatable bonds is 3. The number of hydrogen-bond donors (Lipinski definition) is 4. The van der Waals surface area contributed by atoms with E-state index in [-0.39, 0.29) is 41.0 Å². The number of carbonyl (C=O) groups is 2. The van der Waals surface area contributed by atoms with Crippen molar-refractivity contribution in [2.75, 3.05) is 13.2 Å². The van der Waals surface area contributed by atoms with Crippen molar-refractivity contribution >= 4 is 11.8 Å². The summed E-state index contributed by atoms with van der Waals surface area (Å²) < 4.78 is 5.39. The first-order chi connectivity index (χ1) is 13.5. The second-order valence-electron chi connectivity index (χ2n) is 10.6. The molecule has 4 aliphatic carbocycles. The van der Waals surface area contributed by atoms with Crippen LogP contribution in [0.25, 0.3) is 0 Å². The number of ether oxygens (including phenoxy) is 1. The fourth-order valence-electron chi connectivity index (χ4n) is 8.09. The van der Waals surface area contributed by atoms with Gasteiger partial charge >= 0.3 is 5.97 Å². The third-order valence-electron chi connectivity index (χ3n) is 9.29. The lowest BCUT2D eigenvalue weighted by Crippen LogP contribution is -2.68. The summed E-state index contributed by atoms with van der Waals surface area (Å²) in [6.07, 6.45) is 0.148. The quantitative estimate of drug-likeness (QED) is 0.504. The van der Waals surface area contributed by atoms with Gasteiger partial charge < -0.3 is 25.2 Å². The van der Waals surface area contributed by atoms with E-state index in [1.165, 1.54) is 6.92 Å². The Morgan fingerprint density at radius 2 is 1.83 bits per heavy atom. The van der Waals surface area contributed by atoms with E-state index in [1.807, 2.05) is 0 Å². The lowest BCUT2D eigenvalue weighted by Gasteiger charge is -2.65. The van der Waals surface area contributed by atoms with Crippen LogP contribution >= 0.6 is 0 Å². The molecule has 4 N–H and O–H groups in total. The zero-order valence-electron chi connectivity index (χ0n) is 17.5. The van der Waals surface area contributed by atoms with Crippen LogP contribution in [-0.4, -0.2) is 63.7 Å². The van der Waals surface area contributed by atoms with Crippen LogP contribution in [0.4, 0.5) is 0 Å². The number of ketones is 1. The monoisotopic (exact) mass is 410 g/mol. The Balaban J connectivity index is 1.79. The van der Waals surface area contributed by atoms with E-state index in [0.29, 0.717) is 12.8 Å². The highest BCUT2D eigenvalue weighted by atomic mass is 16.5. The van der Waals surface area contributed by atoms with Crippen LogP contribution in [0.3, 0.4) is 0 Å². The summed E-state index contributed by atoms with van der Waals surface area (Å²) in [4.78, 5) is 24.9. The fourth-order valence-corrected chi connectivity index (χ4v) is 8.09. The molecular weight excluding hydrogens is 376 g/mol. The number of esters is 1. The van der Waals surface area contributed by atoms with Crippen LogP contribution in [-0.2, 0) is 14.3 Å². The van der Waals surface area contributed by atoms with Gasteiger partial charge in [-0.15, -0.1) is 0 Å². The standard InChI is InChI=1S/C22H34O7/c1-11(24)29-10-20(2)5-4-6-21(3)14(20)8-16(26)22-15(21)7-13(25)17(19(22)28)12(9-23)18(22)27/h12-17,19,23,25-26,28H,4-10H2,1-3H3/t12-,13+,14-,15+,16-,17-,19-,20-,21-,22+/m1/s1. The molecule has 2 bridgehead atoms. The smallest absolute Gasteiger partial charge is 0.302 e. The molecule has 0 radical (unpaired) electrons. The van der Waals surface area contributed by atoms with E-state index in [1.54, 1.807) is 0 Å². The number of hydrogen-bond acceptors (Lipinski definition) is 7. The molecule has 0 heterocycles. The molecule has 0 aromatic rings. The number of Topliss-reactive ketones (excluding diaryl/α,β-unsaturated/α-hetero) is 1. The molecule has 0 aromatic carbocycles. The molecule has 4 rings (SSSR count). The van der Waals surface area contributed by atoms with E-state index in [9.17, 15) is 30.0 Å². The van der Waals surface area contributed by atoms with Crippen molar-refractivity contribution in [3.8, 4) is 0 Å². The lowest BCUT2D eigenvalue weighted by atomic mass is 9.39. The van der Waals surface area contributed by atoms with Gasteiger partial charge in [0.15, 0.2) is 0 Å². The van der Waals surface area contributed by atoms with Crippen molar-refractivity contribution in [1.82, 2.24) is 0 Å². The highest BCUT2D eigenvalue weighted by Crippen LogP contribution is 2.71. The molecule has 0 saturated heterocycles. The molecular formula is C22H34O7. The number of carbonyl (C=O) groups excluding carboxylic acids is 2. The predicted octanol–water partition coefficient (Wildman–Crippen LogP) is 0.662. The predicted molar refractivity (Wildman–Crippen MR) is 102 cm³/mol. The zero-order chi connectivity index (χ0) is 21.4. The van der Waals surface area contributed by atoms with Crippen LogP contribution in [0, 0.1) is 39.9 Å². The van der Waals surface area contributed by atoms with Gasteiger partial charge in [-0.25, -0.2) is 0 Å². The summed E-state index contributed by atoms with van der Waals surface area (Å²) in [6, 6.07) is 0. The molecule has 164 valence electrons. The van der Waals surface area contributed by atoms with Crippen molar-refractivity contribution in [3.05, 3.63) is 0 Å². The molecule has 7 heteroatoms. The molecule has 0 amide bonds. The molecule has 1 spiro atoms. The summed E-state index contributed by atoms with van der Waals surface area (Å²) in [5.41, 5.74) is -2.06. The van der Waals surface area contributed by atoms with Crippen molar-refractivity contribution in [3.63, 3.8) is 0 Å². The second kappa shape index (κ2) is 6.74. The first-order valence-corrected chi connectivity index (χ1v) is 10.9. The molecule has 0 unspecified atom stereocenters. The minimum Gasteiger partial charge on any atom is -0.465 e. The van der Waals surface area contributed by atoms with E-state index in [4.69, 9.17) is 4.74 Å². The average Bonchev–Trinajstić information content (AvgIpc) is 2.80. The number of fused-ring (bicyclic) bond motifs is 3. The summed E-state index contributed by atoms with van der Waals surface area (Å²) >= 11 is 0. The molecule has 4 fully saturated rings. The molecule has 0 aliphatic heterocycles. The molecule has 4 aliphatic rings. The van der Waals surface area contributed by atoms with Crippen LogP contribution in [0.15, 0.2) is 0 Å². The van der Waals surface area contributed by atoms with E-state index < -0.39 is 42.2 Å². The third kappa shape index (κ3) is 2.57. The van der Waals surface area contributed by atoms with Crippen LogP contribution in [0.5, 0.6) is 0 Å². The van der Waals surface area contributed by atoms with Gasteiger partial charge in [-0.2, -0.15) is 0 Å². The van der Waals surface area contributed by atoms with Gasteiger partial charge in [0.05, 0.1) is 36.9 Å². The first-order valence-electron chi connectivity index (χ1n) is 10.9. The number of aliphatic hydroxyl groups excluding tert-OH is 4. The maximum Gasteiger partial charge on any atom is 0.302 e. The van der Waals surface area contributed by atoms with E-state index >= 15 is 0 Å². The normalized spacial score (nSPS) is 53.9. The molecule has 7 nitrogen and oxygen atoms in total. The largest absolute Gasteiger partial charge is 0.465 e. The van der Waals surface area contributed by atoms with E-state index in [2.05, 4.69) is 13.8 Å². The highest BCUT2D eigenvalue weighted by molar-refractivity contribution is 5.92. The Morgan fingerprint density at radius 1 is 1.14 bits per heavy atom. The Bertz CT molecular complexity index is 709. The van der Waals surface area contributed by atoms with Crippen molar-refractivity contribution in [1.29, 1.82) is 0 Å². The summed E-state index contributed by atoms with van der Waals surface area (Å²) in [5.74, 6) is -2.59. The zero-order valence-corrected chi connectivity index (χ0v) is 17.5. The SMILES string of the molecule is CC(=O)OC[C@@]1(C)CCC[C@]2(C)[C@@H]1C[C@@H](O)[C@@]13C(=O)[C@H](CO)[C@@H]([C@H]1O)[C@@H](O)C[C@@H]23. The maximum atomic E-state index is 13.5. The van der Waals surface area contributed by atoms with Crippen molar-refractivity contribution < 1.29 is 34.8 Å². The average molecular weight is 411 g/mol. The van der Waals surface area contributed by atoms with Crippen LogP contribution in [0.1, 0.15) is 52.9 Å². The topological polar surface area (TPSA) is 124 Å². The number of aliphatic hydroxyl groups is 4. The minimum absolute atomic E-state index is 0.00866.